The Morgan fingerprint density at radius 1 is 1.41 bits per heavy atom. The molecule has 1 aliphatic carbocycles. The predicted octanol–water partition coefficient (Wildman–Crippen LogP) is 4.68. The number of rotatable bonds is 5. The maximum atomic E-state index is 11.5. The molecule has 17 heavy (non-hydrogen) atoms. The summed E-state index contributed by atoms with van der Waals surface area (Å²) in [4.78, 5) is 11.5. The number of allylic oxidation sites excluding steroid dienone is 4. The van der Waals surface area contributed by atoms with Crippen molar-refractivity contribution in [3.8, 4) is 0 Å². The molecule has 1 rings (SSSR count). The van der Waals surface area contributed by atoms with E-state index in [2.05, 4.69) is 32.9 Å². The molecular weight excluding hydrogens is 208 g/mol. The van der Waals surface area contributed by atoms with Gasteiger partial charge in [0.1, 0.15) is 5.78 Å². The minimum atomic E-state index is 0.284. The van der Waals surface area contributed by atoms with Crippen LogP contribution in [-0.4, -0.2) is 5.78 Å². The van der Waals surface area contributed by atoms with Crippen LogP contribution in [0, 0.1) is 11.8 Å². The molecule has 0 saturated carbocycles. The molecule has 0 aromatic heterocycles. The number of carbonyl (C=O) groups excluding carboxylic acids is 1. The summed E-state index contributed by atoms with van der Waals surface area (Å²) in [6.07, 6.45) is 10.2. The number of ketones is 1. The molecule has 96 valence electrons. The topological polar surface area (TPSA) is 17.1 Å². The summed E-state index contributed by atoms with van der Waals surface area (Å²) in [6.45, 7) is 8.25. The first-order valence-corrected chi connectivity index (χ1v) is 6.86. The minimum Gasteiger partial charge on any atom is -0.300 e. The van der Waals surface area contributed by atoms with Crippen molar-refractivity contribution in [3.63, 3.8) is 0 Å². The van der Waals surface area contributed by atoms with E-state index in [0.29, 0.717) is 11.7 Å². The Bertz CT molecular complexity index is 318. The average Bonchev–Trinajstić information content (AvgIpc) is 2.28. The van der Waals surface area contributed by atoms with Gasteiger partial charge in [-0.1, -0.05) is 36.6 Å². The smallest absolute Gasteiger partial charge is 0.133 e. The van der Waals surface area contributed by atoms with Gasteiger partial charge in [-0.15, -0.1) is 0 Å². The molecule has 0 N–H and O–H groups in total. The third-order valence-corrected chi connectivity index (χ3v) is 3.82. The summed E-state index contributed by atoms with van der Waals surface area (Å²) in [5.74, 6) is 1.24. The molecule has 0 fully saturated rings. The maximum absolute atomic E-state index is 11.5. The largest absolute Gasteiger partial charge is 0.300 e. The Morgan fingerprint density at radius 3 is 2.65 bits per heavy atom. The average molecular weight is 234 g/mol. The Kier molecular flexibility index (Phi) is 5.67. The van der Waals surface area contributed by atoms with E-state index in [1.54, 1.807) is 12.5 Å². The van der Waals surface area contributed by atoms with Gasteiger partial charge in [-0.05, 0) is 52.4 Å². The van der Waals surface area contributed by atoms with Crippen LogP contribution in [0.5, 0.6) is 0 Å². The number of Topliss-reactive ketones (excluding diaryl/α,β-unsaturated/α-hetero) is 1. The van der Waals surface area contributed by atoms with Gasteiger partial charge in [0, 0.05) is 5.92 Å². The normalized spacial score (nSPS) is 24.1. The summed E-state index contributed by atoms with van der Waals surface area (Å²) < 4.78 is 0. The van der Waals surface area contributed by atoms with E-state index in [-0.39, 0.29) is 5.92 Å². The Hall–Kier alpha value is -0.850. The fourth-order valence-electron chi connectivity index (χ4n) is 2.73. The lowest BCUT2D eigenvalue weighted by Gasteiger charge is -2.29. The van der Waals surface area contributed by atoms with Crippen LogP contribution in [0.1, 0.15) is 59.8 Å². The van der Waals surface area contributed by atoms with Crippen LogP contribution >= 0.6 is 0 Å². The van der Waals surface area contributed by atoms with E-state index in [1.807, 2.05) is 0 Å². The lowest BCUT2D eigenvalue weighted by Crippen LogP contribution is -2.24. The Morgan fingerprint density at radius 2 is 2.12 bits per heavy atom. The van der Waals surface area contributed by atoms with Crippen molar-refractivity contribution >= 4 is 5.78 Å². The highest BCUT2D eigenvalue weighted by Crippen LogP contribution is 2.34. The second kappa shape index (κ2) is 6.78. The molecule has 0 bridgehead atoms. The molecule has 0 heterocycles. The van der Waals surface area contributed by atoms with Crippen molar-refractivity contribution in [3.05, 3.63) is 23.3 Å². The molecule has 0 saturated heterocycles. The third kappa shape index (κ3) is 4.49. The molecule has 0 radical (unpaired) electrons. The summed E-state index contributed by atoms with van der Waals surface area (Å²) in [5, 5.41) is 0. The Labute approximate surface area is 106 Å². The van der Waals surface area contributed by atoms with Gasteiger partial charge in [-0.25, -0.2) is 0 Å². The van der Waals surface area contributed by atoms with Gasteiger partial charge in [0.2, 0.25) is 0 Å². The van der Waals surface area contributed by atoms with Crippen molar-refractivity contribution in [1.82, 2.24) is 0 Å². The van der Waals surface area contributed by atoms with Crippen LogP contribution in [0.3, 0.4) is 0 Å². The highest BCUT2D eigenvalue weighted by molar-refractivity contribution is 5.79. The van der Waals surface area contributed by atoms with Gasteiger partial charge in [0.05, 0.1) is 0 Å². The Balaban J connectivity index is 2.54. The third-order valence-electron chi connectivity index (χ3n) is 3.82. The van der Waals surface area contributed by atoms with E-state index in [4.69, 9.17) is 0 Å². The second-order valence-electron chi connectivity index (χ2n) is 5.51. The zero-order chi connectivity index (χ0) is 12.8. The van der Waals surface area contributed by atoms with Crippen molar-refractivity contribution < 1.29 is 4.79 Å². The first-order valence-electron chi connectivity index (χ1n) is 6.86. The first kappa shape index (κ1) is 14.2. The molecule has 0 aromatic rings. The number of hydrogen-bond donors (Lipinski definition) is 0. The zero-order valence-electron chi connectivity index (χ0n) is 11.8. The molecule has 0 aromatic carbocycles. The summed E-state index contributed by atoms with van der Waals surface area (Å²) in [6, 6.07) is 0. The van der Waals surface area contributed by atoms with Crippen LogP contribution in [0.15, 0.2) is 23.3 Å². The second-order valence-corrected chi connectivity index (χ2v) is 5.51. The van der Waals surface area contributed by atoms with Crippen LogP contribution in [-0.2, 0) is 4.79 Å². The molecule has 2 unspecified atom stereocenters. The van der Waals surface area contributed by atoms with Crippen LogP contribution in [0.2, 0.25) is 0 Å². The number of hydrogen-bond acceptors (Lipinski definition) is 1. The molecule has 2 atom stereocenters. The van der Waals surface area contributed by atoms with Crippen molar-refractivity contribution in [2.45, 2.75) is 59.8 Å². The number of carbonyl (C=O) groups is 1. The van der Waals surface area contributed by atoms with Crippen LogP contribution in [0.25, 0.3) is 0 Å². The van der Waals surface area contributed by atoms with Gasteiger partial charge in [-0.3, -0.25) is 4.79 Å². The van der Waals surface area contributed by atoms with Crippen molar-refractivity contribution in [2.75, 3.05) is 0 Å². The first-order chi connectivity index (χ1) is 8.04. The van der Waals surface area contributed by atoms with Crippen LogP contribution < -0.4 is 0 Å². The fourth-order valence-corrected chi connectivity index (χ4v) is 2.73. The van der Waals surface area contributed by atoms with Crippen molar-refractivity contribution in [2.24, 2.45) is 11.8 Å². The van der Waals surface area contributed by atoms with E-state index in [9.17, 15) is 4.79 Å². The predicted molar refractivity (Wildman–Crippen MR) is 73.9 cm³/mol. The summed E-state index contributed by atoms with van der Waals surface area (Å²) >= 11 is 0. The summed E-state index contributed by atoms with van der Waals surface area (Å²) in [7, 11) is 0. The minimum absolute atomic E-state index is 0.284. The molecule has 0 amide bonds. The lowest BCUT2D eigenvalue weighted by molar-refractivity contribution is -0.122. The van der Waals surface area contributed by atoms with Gasteiger partial charge < -0.3 is 0 Å². The molecule has 1 heteroatoms. The molecule has 1 aliphatic rings. The van der Waals surface area contributed by atoms with E-state index >= 15 is 0 Å². The molecule has 0 aliphatic heterocycles. The van der Waals surface area contributed by atoms with Crippen LogP contribution in [0.4, 0.5) is 0 Å². The molecule has 1 nitrogen and oxygen atoms in total. The highest BCUT2D eigenvalue weighted by atomic mass is 16.1. The monoisotopic (exact) mass is 234 g/mol. The van der Waals surface area contributed by atoms with E-state index < -0.39 is 0 Å². The van der Waals surface area contributed by atoms with Gasteiger partial charge in [0.25, 0.3) is 0 Å². The SMILES string of the molecule is CCC1CC(CCC=C(C)C)=CCC1C(C)=O. The van der Waals surface area contributed by atoms with E-state index in [0.717, 1.165) is 25.7 Å². The molecular formula is C16H26O. The van der Waals surface area contributed by atoms with Gasteiger partial charge >= 0.3 is 0 Å². The lowest BCUT2D eigenvalue weighted by atomic mass is 9.75. The van der Waals surface area contributed by atoms with E-state index in [1.165, 1.54) is 12.0 Å². The van der Waals surface area contributed by atoms with Gasteiger partial charge in [-0.2, -0.15) is 0 Å². The zero-order valence-corrected chi connectivity index (χ0v) is 11.8. The molecule has 0 spiro atoms. The quantitative estimate of drug-likeness (QED) is 0.631. The standard InChI is InChI=1S/C16H26O/c1-5-15-11-14(8-6-7-12(2)3)9-10-16(15)13(4)17/h7,9,15-16H,5-6,8,10-11H2,1-4H3. The highest BCUT2D eigenvalue weighted by Gasteiger charge is 2.27. The summed E-state index contributed by atoms with van der Waals surface area (Å²) in [5.41, 5.74) is 2.96. The van der Waals surface area contributed by atoms with Crippen molar-refractivity contribution in [1.29, 1.82) is 0 Å². The van der Waals surface area contributed by atoms with Gasteiger partial charge in [0.15, 0.2) is 0 Å². The maximum Gasteiger partial charge on any atom is 0.133 e. The fraction of sp³-hybridized carbons (Fsp3) is 0.688.